The average Bonchev–Trinajstić information content (AvgIpc) is 3.42. The van der Waals surface area contributed by atoms with Crippen molar-refractivity contribution >= 4 is 12.0 Å². The van der Waals surface area contributed by atoms with Gasteiger partial charge in [0.05, 0.1) is 17.7 Å². The van der Waals surface area contributed by atoms with Crippen LogP contribution in [0.5, 0.6) is 0 Å². The van der Waals surface area contributed by atoms with Gasteiger partial charge < -0.3 is 19.7 Å². The molecule has 41 heavy (non-hydrogen) atoms. The van der Waals surface area contributed by atoms with E-state index in [1.54, 1.807) is 11.1 Å². The first kappa shape index (κ1) is 27.5. The number of nitrogens with one attached hydrogen (secondary N) is 1. The molecule has 2 amide bonds. The van der Waals surface area contributed by atoms with E-state index in [2.05, 4.69) is 33.0 Å². The lowest BCUT2D eigenvalue weighted by molar-refractivity contribution is -0.130. The maximum Gasteiger partial charge on any atom is 0.410 e. The summed E-state index contributed by atoms with van der Waals surface area (Å²) in [4.78, 5) is 27.7. The normalized spacial score (nSPS) is 43.5. The van der Waals surface area contributed by atoms with Crippen molar-refractivity contribution in [2.24, 2.45) is 35.0 Å². The van der Waals surface area contributed by atoms with Gasteiger partial charge in [-0.15, -0.1) is 0 Å². The minimum absolute atomic E-state index is 0.0677. The van der Waals surface area contributed by atoms with E-state index in [-0.39, 0.29) is 41.1 Å². The van der Waals surface area contributed by atoms with Gasteiger partial charge in [0.25, 0.3) is 0 Å². The third-order valence-corrected chi connectivity index (χ3v) is 12.6. The lowest BCUT2D eigenvalue weighted by Gasteiger charge is -2.52. The molecule has 0 aromatic heterocycles. The Hall–Kier alpha value is -2.34. The van der Waals surface area contributed by atoms with Crippen molar-refractivity contribution in [1.82, 2.24) is 10.2 Å². The molecule has 3 aliphatic heterocycles. The largest absolute Gasteiger partial charge is 0.445 e. The van der Waals surface area contributed by atoms with Crippen LogP contribution in [-0.4, -0.2) is 47.2 Å². The van der Waals surface area contributed by atoms with Crippen molar-refractivity contribution in [2.75, 3.05) is 6.54 Å². The smallest absolute Gasteiger partial charge is 0.410 e. The highest BCUT2D eigenvalue weighted by Gasteiger charge is 2.61. The van der Waals surface area contributed by atoms with Crippen LogP contribution in [0, 0.1) is 35.0 Å². The first-order valence-corrected chi connectivity index (χ1v) is 16.3. The van der Waals surface area contributed by atoms with Gasteiger partial charge >= 0.3 is 6.09 Å². The summed E-state index contributed by atoms with van der Waals surface area (Å²) >= 11 is 0. The zero-order valence-electron chi connectivity index (χ0n) is 25.4. The topological polar surface area (TPSA) is 67.9 Å². The molecule has 5 fully saturated rings. The number of likely N-dealkylation sites (tertiary alicyclic amines) is 1. The van der Waals surface area contributed by atoms with Crippen LogP contribution in [0.2, 0.25) is 0 Å². The van der Waals surface area contributed by atoms with Crippen molar-refractivity contribution < 1.29 is 19.1 Å². The molecule has 1 aromatic rings. The summed E-state index contributed by atoms with van der Waals surface area (Å²) in [5.74, 6) is 2.92. The molecule has 10 atom stereocenters. The average molecular weight is 561 g/mol. The molecule has 2 unspecified atom stereocenters. The summed E-state index contributed by atoms with van der Waals surface area (Å²) in [5.41, 5.74) is 4.27. The molecule has 3 aliphatic carbocycles. The summed E-state index contributed by atoms with van der Waals surface area (Å²) in [6, 6.07) is 10.4. The number of fused-ring (bicyclic) bond motifs is 6. The number of carbonyl (C=O) groups is 2. The van der Waals surface area contributed by atoms with Crippen molar-refractivity contribution in [3.05, 3.63) is 47.0 Å². The van der Waals surface area contributed by atoms with Crippen LogP contribution < -0.4 is 5.32 Å². The molecule has 6 aliphatic rings. The SMILES string of the molecule is CC1=C2C[C@H]3C(CC[C@H]4NC(=O)CC[C@@]43C)[C@@H]2CCC2(C1)O[C@@H]1C[C@H](C)CN(C(=O)OCc3ccccc3)[C@H]1[C@H]2C. The molecular formula is C35H48N2O4. The maximum atomic E-state index is 13.5. The molecule has 1 aromatic carbocycles. The van der Waals surface area contributed by atoms with E-state index in [1.165, 1.54) is 19.3 Å². The number of ether oxygens (including phenoxy) is 2. The van der Waals surface area contributed by atoms with Crippen LogP contribution in [-0.2, 0) is 20.9 Å². The third kappa shape index (κ3) is 4.46. The lowest BCUT2D eigenvalue weighted by Crippen LogP contribution is -2.57. The fourth-order valence-corrected chi connectivity index (χ4v) is 10.5. The number of hydrogen-bond acceptors (Lipinski definition) is 4. The van der Waals surface area contributed by atoms with E-state index < -0.39 is 0 Å². The second kappa shape index (κ2) is 10.1. The Labute approximate surface area is 245 Å². The van der Waals surface area contributed by atoms with Crippen molar-refractivity contribution in [3.8, 4) is 0 Å². The van der Waals surface area contributed by atoms with E-state index >= 15 is 0 Å². The van der Waals surface area contributed by atoms with Gasteiger partial charge in [-0.3, -0.25) is 4.79 Å². The molecule has 2 saturated carbocycles. The number of amides is 2. The summed E-state index contributed by atoms with van der Waals surface area (Å²) in [6.45, 7) is 10.5. The number of allylic oxidation sites excluding steroid dienone is 1. The van der Waals surface area contributed by atoms with Crippen LogP contribution in [0.4, 0.5) is 4.79 Å². The standard InChI is InChI=1S/C35H48N2O4/c1-21-16-29-32(37(19-21)33(39)40-20-24-8-6-5-7-9-24)23(3)35(41-29)15-12-25-26-10-11-30-34(4,14-13-31(38)36-30)28(26)17-27(25)22(2)18-35/h5-9,21,23,25-26,28-30,32H,10-20H2,1-4H3,(H,36,38)/t21-,23+,25-,26?,28-,29+,30+,32-,34+,35?/m0/s1. The van der Waals surface area contributed by atoms with Crippen LogP contribution in [0.3, 0.4) is 0 Å². The summed E-state index contributed by atoms with van der Waals surface area (Å²) in [6.07, 6.45) is 9.34. The highest BCUT2D eigenvalue weighted by Crippen LogP contribution is 2.63. The van der Waals surface area contributed by atoms with E-state index in [0.717, 1.165) is 50.1 Å². The van der Waals surface area contributed by atoms with Crippen molar-refractivity contribution in [1.29, 1.82) is 0 Å². The zero-order valence-corrected chi connectivity index (χ0v) is 25.4. The second-order valence-electron chi connectivity index (χ2n) is 14.8. The lowest BCUT2D eigenvalue weighted by atomic mass is 9.57. The van der Waals surface area contributed by atoms with E-state index in [9.17, 15) is 9.59 Å². The van der Waals surface area contributed by atoms with Gasteiger partial charge in [-0.25, -0.2) is 4.79 Å². The minimum atomic E-state index is -0.214. The third-order valence-electron chi connectivity index (χ3n) is 12.6. The summed E-state index contributed by atoms with van der Waals surface area (Å²) in [5, 5.41) is 3.37. The van der Waals surface area contributed by atoms with Gasteiger partial charge in [-0.1, -0.05) is 62.2 Å². The number of rotatable bonds is 2. The minimum Gasteiger partial charge on any atom is -0.445 e. The number of carbonyl (C=O) groups excluding carboxylic acids is 2. The Morgan fingerprint density at radius 1 is 1.15 bits per heavy atom. The number of nitrogens with zero attached hydrogens (tertiary/aromatic N) is 1. The van der Waals surface area contributed by atoms with E-state index in [0.29, 0.717) is 36.8 Å². The van der Waals surface area contributed by atoms with Crippen molar-refractivity contribution in [3.63, 3.8) is 0 Å². The molecule has 222 valence electrons. The Bertz CT molecular complexity index is 1230. The van der Waals surface area contributed by atoms with Crippen molar-refractivity contribution in [2.45, 2.75) is 116 Å². The van der Waals surface area contributed by atoms with E-state index in [1.807, 2.05) is 35.2 Å². The van der Waals surface area contributed by atoms with Crippen LogP contribution in [0.1, 0.15) is 91.0 Å². The van der Waals surface area contributed by atoms with Gasteiger partial charge in [0, 0.05) is 24.9 Å². The zero-order chi connectivity index (χ0) is 28.5. The van der Waals surface area contributed by atoms with Crippen LogP contribution >= 0.6 is 0 Å². The fourth-order valence-electron chi connectivity index (χ4n) is 10.5. The van der Waals surface area contributed by atoms with Crippen LogP contribution in [0.15, 0.2) is 41.5 Å². The quantitative estimate of drug-likeness (QED) is 0.412. The number of hydrogen-bond donors (Lipinski definition) is 1. The molecule has 1 spiro atoms. The Morgan fingerprint density at radius 2 is 1.95 bits per heavy atom. The number of piperidine rings is 2. The number of benzene rings is 1. The van der Waals surface area contributed by atoms with Crippen LogP contribution in [0.25, 0.3) is 0 Å². The molecular weight excluding hydrogens is 512 g/mol. The summed E-state index contributed by atoms with van der Waals surface area (Å²) < 4.78 is 13.0. The molecule has 3 saturated heterocycles. The van der Waals surface area contributed by atoms with Gasteiger partial charge in [0.15, 0.2) is 0 Å². The molecule has 3 heterocycles. The molecule has 0 bridgehead atoms. The summed E-state index contributed by atoms with van der Waals surface area (Å²) in [7, 11) is 0. The van der Waals surface area contributed by atoms with E-state index in [4.69, 9.17) is 9.47 Å². The molecule has 1 N–H and O–H groups in total. The Morgan fingerprint density at radius 3 is 2.76 bits per heavy atom. The van der Waals surface area contributed by atoms with Gasteiger partial charge in [0.2, 0.25) is 5.91 Å². The second-order valence-corrected chi connectivity index (χ2v) is 14.8. The molecule has 6 nitrogen and oxygen atoms in total. The molecule has 6 heteroatoms. The monoisotopic (exact) mass is 560 g/mol. The van der Waals surface area contributed by atoms with Gasteiger partial charge in [-0.05, 0) is 92.9 Å². The molecule has 0 radical (unpaired) electrons. The maximum absolute atomic E-state index is 13.5. The first-order valence-electron chi connectivity index (χ1n) is 16.3. The Balaban J connectivity index is 1.11. The highest BCUT2D eigenvalue weighted by atomic mass is 16.6. The highest BCUT2D eigenvalue weighted by molar-refractivity contribution is 5.77. The predicted octanol–water partition coefficient (Wildman–Crippen LogP) is 6.64. The Kier molecular flexibility index (Phi) is 6.80. The van der Waals surface area contributed by atoms with Gasteiger partial charge in [0.1, 0.15) is 6.61 Å². The predicted molar refractivity (Wildman–Crippen MR) is 158 cm³/mol. The fraction of sp³-hybridized carbons (Fsp3) is 0.714. The van der Waals surface area contributed by atoms with Gasteiger partial charge in [-0.2, -0.15) is 0 Å². The molecule has 7 rings (SSSR count). The first-order chi connectivity index (χ1) is 19.7.